The van der Waals surface area contributed by atoms with E-state index in [-0.39, 0.29) is 18.2 Å². The van der Waals surface area contributed by atoms with E-state index in [1.165, 1.54) is 19.1 Å². The van der Waals surface area contributed by atoms with Gasteiger partial charge in [0.1, 0.15) is 11.2 Å². The molecule has 5 nitrogen and oxygen atoms in total. The Morgan fingerprint density at radius 3 is 2.38 bits per heavy atom. The van der Waals surface area contributed by atoms with Crippen LogP contribution in [0.25, 0.3) is 11.1 Å². The summed E-state index contributed by atoms with van der Waals surface area (Å²) in [4.78, 5) is 23.3. The molecule has 0 aliphatic carbocycles. The number of carbonyl (C=O) groups excluding carboxylic acids is 1. The molecule has 0 saturated heterocycles. The average Bonchev–Trinajstić information content (AvgIpc) is 2.63. The van der Waals surface area contributed by atoms with E-state index < -0.39 is 24.2 Å². The molecule has 0 aliphatic heterocycles. The number of benzene rings is 2. The molecule has 154 valence electrons. The number of rotatable bonds is 9. The van der Waals surface area contributed by atoms with E-state index in [1.807, 2.05) is 12.1 Å². The van der Waals surface area contributed by atoms with Crippen molar-refractivity contribution < 1.29 is 24.1 Å². The van der Waals surface area contributed by atoms with Gasteiger partial charge in [-0.1, -0.05) is 42.7 Å². The Hall–Kier alpha value is -2.38. The zero-order valence-electron chi connectivity index (χ0n) is 16.4. The fraction of sp³-hybridized carbons (Fsp3) is 0.333. The van der Waals surface area contributed by atoms with Crippen molar-refractivity contribution >= 4 is 30.4 Å². The highest BCUT2D eigenvalue weighted by Gasteiger charge is 2.41. The lowest BCUT2D eigenvalue weighted by Crippen LogP contribution is -2.43. The molecule has 2 aromatic rings. The van der Waals surface area contributed by atoms with Crippen LogP contribution >= 0.6 is 11.6 Å². The summed E-state index contributed by atoms with van der Waals surface area (Å²) < 4.78 is 14.1. The second kappa shape index (κ2) is 9.42. The molecule has 0 aromatic heterocycles. The van der Waals surface area contributed by atoms with Crippen molar-refractivity contribution in [3.63, 3.8) is 0 Å². The Balaban J connectivity index is 2.24. The Bertz CT molecular complexity index is 875. The monoisotopic (exact) mass is 419 g/mol. The molecule has 4 N–H and O–H groups in total. The molecule has 1 amide bonds. The van der Waals surface area contributed by atoms with Crippen LogP contribution in [0.1, 0.15) is 18.9 Å². The van der Waals surface area contributed by atoms with Gasteiger partial charge in [0, 0.05) is 10.6 Å². The maximum atomic E-state index is 14.1. The maximum Gasteiger partial charge on any atom is 0.318 e. The number of nitrogens with two attached hydrogens (primary N) is 1. The molecule has 2 aromatic carbocycles. The van der Waals surface area contributed by atoms with E-state index in [0.717, 1.165) is 5.56 Å². The fourth-order valence-corrected chi connectivity index (χ4v) is 3.64. The lowest BCUT2D eigenvalue weighted by atomic mass is 9.60. The minimum Gasteiger partial charge on any atom is -0.480 e. The Kier molecular flexibility index (Phi) is 7.44. The van der Waals surface area contributed by atoms with E-state index in [1.54, 1.807) is 25.0 Å². The lowest BCUT2D eigenvalue weighted by molar-refractivity contribution is -0.154. The van der Waals surface area contributed by atoms with Crippen LogP contribution in [0.2, 0.25) is 18.2 Å². The first-order chi connectivity index (χ1) is 13.5. The number of amides is 1. The van der Waals surface area contributed by atoms with Gasteiger partial charge < -0.3 is 15.9 Å². The van der Waals surface area contributed by atoms with Crippen molar-refractivity contribution in [2.24, 2.45) is 17.1 Å². The van der Waals surface area contributed by atoms with E-state index in [0.29, 0.717) is 28.9 Å². The first-order valence-electron chi connectivity index (χ1n) is 9.28. The van der Waals surface area contributed by atoms with Crippen LogP contribution in [0.4, 0.5) is 4.39 Å². The number of primary amides is 1. The van der Waals surface area contributed by atoms with E-state index in [2.05, 4.69) is 0 Å². The third-order valence-corrected chi connectivity index (χ3v) is 5.34. The van der Waals surface area contributed by atoms with Crippen LogP contribution in [-0.4, -0.2) is 28.9 Å². The predicted octanol–water partition coefficient (Wildman–Crippen LogP) is 3.88. The summed E-state index contributed by atoms with van der Waals surface area (Å²) in [6.45, 7) is 2.25. The number of carbonyl (C=O) groups is 2. The normalized spacial score (nSPS) is 14.1. The molecule has 29 heavy (non-hydrogen) atoms. The van der Waals surface area contributed by atoms with Crippen LogP contribution in [-0.2, 0) is 16.0 Å². The summed E-state index contributed by atoms with van der Waals surface area (Å²) in [5.41, 5.74) is 5.53. The molecule has 0 unspecified atom stereocenters. The van der Waals surface area contributed by atoms with Gasteiger partial charge in [-0.15, -0.1) is 0 Å². The number of aliphatic carboxylic acids is 1. The van der Waals surface area contributed by atoms with Gasteiger partial charge in [-0.25, -0.2) is 4.39 Å². The molecule has 0 saturated carbocycles. The van der Waals surface area contributed by atoms with Crippen molar-refractivity contribution in [3.8, 4) is 11.1 Å². The third kappa shape index (κ3) is 5.81. The standard InChI is InChI=1S/C21H24BClFNO4/c1-21(19(25)26,20(27)28)11-14(12-22(2)29)9-13-3-5-15(6-4-13)17-10-16(23)7-8-18(17)24/h3-8,10,14,29H,9,11-12H2,1-2H3,(H2,25,26)(H,27,28)/t14-,21+/m1/s1. The molecule has 2 rings (SSSR count). The van der Waals surface area contributed by atoms with Crippen molar-refractivity contribution in [2.75, 3.05) is 0 Å². The summed E-state index contributed by atoms with van der Waals surface area (Å²) in [7, 11) is 0. The van der Waals surface area contributed by atoms with Crippen LogP contribution < -0.4 is 5.73 Å². The smallest absolute Gasteiger partial charge is 0.318 e. The second-order valence-corrected chi connectivity index (χ2v) is 8.12. The minimum atomic E-state index is -1.72. The second-order valence-electron chi connectivity index (χ2n) is 7.68. The van der Waals surface area contributed by atoms with Gasteiger partial charge in [0.05, 0.1) is 0 Å². The molecule has 0 radical (unpaired) electrons. The molecule has 8 heteroatoms. The largest absolute Gasteiger partial charge is 0.480 e. The van der Waals surface area contributed by atoms with Crippen LogP contribution in [0.5, 0.6) is 0 Å². The minimum absolute atomic E-state index is 0.00718. The number of carboxylic acids is 1. The molecule has 0 aliphatic rings. The van der Waals surface area contributed by atoms with Crippen molar-refractivity contribution in [3.05, 3.63) is 58.9 Å². The molecule has 0 fully saturated rings. The Morgan fingerprint density at radius 2 is 1.86 bits per heavy atom. The third-order valence-electron chi connectivity index (χ3n) is 5.10. The number of halogens is 2. The van der Waals surface area contributed by atoms with Crippen molar-refractivity contribution in [1.82, 2.24) is 0 Å². The predicted molar refractivity (Wildman–Crippen MR) is 112 cm³/mol. The molecule has 0 bridgehead atoms. The van der Waals surface area contributed by atoms with Gasteiger partial charge in [-0.05, 0) is 61.3 Å². The quantitative estimate of drug-likeness (QED) is 0.424. The van der Waals surface area contributed by atoms with Crippen molar-refractivity contribution in [1.29, 1.82) is 0 Å². The number of carboxylic acid groups (broad SMARTS) is 1. The summed E-state index contributed by atoms with van der Waals surface area (Å²) >= 11 is 5.95. The van der Waals surface area contributed by atoms with Gasteiger partial charge in [0.2, 0.25) is 5.91 Å². The first-order valence-corrected chi connectivity index (χ1v) is 9.66. The Labute approximate surface area is 174 Å². The molecule has 0 spiro atoms. The summed E-state index contributed by atoms with van der Waals surface area (Å²) in [5.74, 6) is -2.86. The zero-order chi connectivity index (χ0) is 21.8. The zero-order valence-corrected chi connectivity index (χ0v) is 17.1. The fourth-order valence-electron chi connectivity index (χ4n) is 3.46. The van der Waals surface area contributed by atoms with Gasteiger partial charge in [0.25, 0.3) is 6.92 Å². The van der Waals surface area contributed by atoms with Gasteiger partial charge >= 0.3 is 5.97 Å². The highest BCUT2D eigenvalue weighted by molar-refractivity contribution is 6.48. The van der Waals surface area contributed by atoms with E-state index in [4.69, 9.17) is 17.3 Å². The first kappa shape index (κ1) is 22.9. The van der Waals surface area contributed by atoms with E-state index in [9.17, 15) is 24.1 Å². The molecule has 0 heterocycles. The van der Waals surface area contributed by atoms with Gasteiger partial charge in [0.15, 0.2) is 0 Å². The van der Waals surface area contributed by atoms with Crippen LogP contribution in [0.15, 0.2) is 42.5 Å². The number of hydrogen-bond donors (Lipinski definition) is 3. The van der Waals surface area contributed by atoms with Gasteiger partial charge in [-0.3, -0.25) is 9.59 Å². The summed E-state index contributed by atoms with van der Waals surface area (Å²) in [6, 6.07) is 11.5. The Morgan fingerprint density at radius 1 is 1.24 bits per heavy atom. The summed E-state index contributed by atoms with van der Waals surface area (Å²) in [6.07, 6.45) is 0.771. The van der Waals surface area contributed by atoms with Crippen molar-refractivity contribution in [2.45, 2.75) is 32.9 Å². The van der Waals surface area contributed by atoms with E-state index >= 15 is 0 Å². The topological polar surface area (TPSA) is 101 Å². The van der Waals surface area contributed by atoms with Gasteiger partial charge in [-0.2, -0.15) is 0 Å². The highest BCUT2D eigenvalue weighted by atomic mass is 35.5. The summed E-state index contributed by atoms with van der Waals surface area (Å²) in [5, 5.41) is 19.7. The SMILES string of the molecule is CB(O)C[C@H](Cc1ccc(-c2cc(Cl)ccc2F)cc1)C[C@@](C)(C(N)=O)C(=O)O. The molecular formula is C21H24BClFNO4. The molecular weight excluding hydrogens is 395 g/mol. The average molecular weight is 420 g/mol. The van der Waals surface area contributed by atoms with Crippen LogP contribution in [0.3, 0.4) is 0 Å². The number of hydrogen-bond acceptors (Lipinski definition) is 3. The van der Waals surface area contributed by atoms with Crippen LogP contribution in [0, 0.1) is 17.2 Å². The lowest BCUT2D eigenvalue weighted by Gasteiger charge is -2.27. The maximum absolute atomic E-state index is 14.1. The molecule has 2 atom stereocenters. The highest BCUT2D eigenvalue weighted by Crippen LogP contribution is 2.32.